The van der Waals surface area contributed by atoms with Crippen molar-refractivity contribution in [1.29, 1.82) is 0 Å². The molecular weight excluding hydrogens is 461 g/mol. The highest BCUT2D eigenvalue weighted by Gasteiger charge is 2.29. The summed E-state index contributed by atoms with van der Waals surface area (Å²) in [5.41, 5.74) is 3.82. The van der Waals surface area contributed by atoms with Gasteiger partial charge in [0.2, 0.25) is 5.43 Å². The van der Waals surface area contributed by atoms with Crippen molar-refractivity contribution in [2.75, 3.05) is 12.5 Å². The zero-order valence-electron chi connectivity index (χ0n) is 18.2. The molecule has 35 heavy (non-hydrogen) atoms. The number of halogens is 3. The summed E-state index contributed by atoms with van der Waals surface area (Å²) in [7, 11) is 1.59. The van der Waals surface area contributed by atoms with E-state index in [1.807, 2.05) is 30.3 Å². The second-order valence-corrected chi connectivity index (χ2v) is 7.69. The quantitative estimate of drug-likeness (QED) is 0.225. The number of furan rings is 1. The first-order valence-corrected chi connectivity index (χ1v) is 10.4. The topological polar surface area (TPSA) is 77.0 Å². The molecule has 0 amide bonds. The molecule has 0 aliphatic carbocycles. The molecule has 0 aliphatic heterocycles. The Bertz CT molecular complexity index is 1600. The minimum absolute atomic E-state index is 0.176. The van der Waals surface area contributed by atoms with Gasteiger partial charge in [-0.1, -0.05) is 0 Å². The monoisotopic (exact) mass is 478 g/mol. The number of rotatable bonds is 5. The average Bonchev–Trinajstić information content (AvgIpc) is 3.27. The second-order valence-electron chi connectivity index (χ2n) is 7.69. The van der Waals surface area contributed by atoms with Crippen molar-refractivity contribution in [2.45, 2.75) is 6.18 Å². The minimum Gasteiger partial charge on any atom is -0.497 e. The molecule has 2 heterocycles. The van der Waals surface area contributed by atoms with E-state index in [0.717, 1.165) is 28.8 Å². The zero-order valence-corrected chi connectivity index (χ0v) is 18.2. The van der Waals surface area contributed by atoms with Gasteiger partial charge in [-0.3, -0.25) is 10.2 Å². The maximum Gasteiger partial charge on any atom is 0.416 e. The summed E-state index contributed by atoms with van der Waals surface area (Å²) in [6.45, 7) is 0. The molecule has 0 unspecified atom stereocenters. The maximum atomic E-state index is 13.0. The Morgan fingerprint density at radius 3 is 2.40 bits per heavy atom. The molecule has 3 aromatic carbocycles. The van der Waals surface area contributed by atoms with Crippen LogP contribution in [0.15, 0.2) is 91.7 Å². The van der Waals surface area contributed by atoms with Crippen molar-refractivity contribution in [3.63, 3.8) is 0 Å². The van der Waals surface area contributed by atoms with Gasteiger partial charge in [0.05, 0.1) is 35.5 Å². The van der Waals surface area contributed by atoms with E-state index in [1.54, 1.807) is 19.2 Å². The standard InChI is InChI=1S/C26H17F3N2O4/c1-33-20-8-2-15(3-9-20)22-11-16-10-21-24(12-23(16)35-22)34-14-17(25(21)32)13-30-31-19-6-4-18(5-7-19)26(27,28)29/h2-14,31H,1H3/b30-13+. The van der Waals surface area contributed by atoms with E-state index in [0.29, 0.717) is 28.0 Å². The number of nitrogens with zero attached hydrogens (tertiary/aromatic N) is 1. The van der Waals surface area contributed by atoms with Crippen LogP contribution >= 0.6 is 0 Å². The van der Waals surface area contributed by atoms with Crippen molar-refractivity contribution in [3.8, 4) is 17.1 Å². The van der Waals surface area contributed by atoms with Crippen molar-refractivity contribution < 1.29 is 26.7 Å². The van der Waals surface area contributed by atoms with Gasteiger partial charge in [0.1, 0.15) is 28.9 Å². The molecule has 6 nitrogen and oxygen atoms in total. The van der Waals surface area contributed by atoms with E-state index >= 15 is 0 Å². The van der Waals surface area contributed by atoms with Crippen LogP contribution in [0.4, 0.5) is 18.9 Å². The Morgan fingerprint density at radius 1 is 0.971 bits per heavy atom. The number of methoxy groups -OCH3 is 1. The Balaban J connectivity index is 1.41. The van der Waals surface area contributed by atoms with Gasteiger partial charge in [0.25, 0.3) is 0 Å². The van der Waals surface area contributed by atoms with Crippen LogP contribution in [0.25, 0.3) is 33.3 Å². The molecule has 0 radical (unpaired) electrons. The Labute approximate surface area is 196 Å². The van der Waals surface area contributed by atoms with E-state index in [4.69, 9.17) is 13.6 Å². The molecule has 0 fully saturated rings. The van der Waals surface area contributed by atoms with E-state index < -0.39 is 11.7 Å². The van der Waals surface area contributed by atoms with Gasteiger partial charge >= 0.3 is 6.18 Å². The molecular formula is C26H17F3N2O4. The lowest BCUT2D eigenvalue weighted by molar-refractivity contribution is -0.137. The molecule has 2 aromatic heterocycles. The van der Waals surface area contributed by atoms with Crippen LogP contribution in [0, 0.1) is 0 Å². The number of ether oxygens (including phenoxy) is 1. The number of hydrogen-bond donors (Lipinski definition) is 1. The lowest BCUT2D eigenvalue weighted by Gasteiger charge is -2.07. The fourth-order valence-electron chi connectivity index (χ4n) is 3.58. The predicted molar refractivity (Wildman–Crippen MR) is 127 cm³/mol. The highest BCUT2D eigenvalue weighted by Crippen LogP contribution is 2.32. The molecule has 1 N–H and O–H groups in total. The van der Waals surface area contributed by atoms with E-state index in [1.165, 1.54) is 24.6 Å². The van der Waals surface area contributed by atoms with Gasteiger partial charge < -0.3 is 13.6 Å². The summed E-state index contributed by atoms with van der Waals surface area (Å²) in [4.78, 5) is 13.0. The van der Waals surface area contributed by atoms with E-state index in [9.17, 15) is 18.0 Å². The SMILES string of the molecule is COc1ccc(-c2cc3cc4c(=O)c(/C=N/Nc5ccc(C(F)(F)F)cc5)coc4cc3o2)cc1. The summed E-state index contributed by atoms with van der Waals surface area (Å²) >= 11 is 0. The normalized spacial score (nSPS) is 12.0. The highest BCUT2D eigenvalue weighted by atomic mass is 19.4. The lowest BCUT2D eigenvalue weighted by atomic mass is 10.1. The number of alkyl halides is 3. The minimum atomic E-state index is -4.42. The molecule has 5 aromatic rings. The largest absolute Gasteiger partial charge is 0.497 e. The average molecular weight is 478 g/mol. The first kappa shape index (κ1) is 22.3. The Hall–Kier alpha value is -4.53. The third-order valence-electron chi connectivity index (χ3n) is 5.42. The fourth-order valence-corrected chi connectivity index (χ4v) is 3.58. The van der Waals surface area contributed by atoms with Gasteiger partial charge in [-0.2, -0.15) is 18.3 Å². The van der Waals surface area contributed by atoms with Crippen LogP contribution in [0.1, 0.15) is 11.1 Å². The molecule has 5 rings (SSSR count). The van der Waals surface area contributed by atoms with Gasteiger partial charge in [-0.05, 0) is 60.7 Å². The van der Waals surface area contributed by atoms with Crippen LogP contribution in [0.3, 0.4) is 0 Å². The number of nitrogens with one attached hydrogen (secondary N) is 1. The van der Waals surface area contributed by atoms with Gasteiger partial charge in [0.15, 0.2) is 0 Å². The second kappa shape index (κ2) is 8.68. The third kappa shape index (κ3) is 4.48. The van der Waals surface area contributed by atoms with Crippen LogP contribution in [-0.4, -0.2) is 13.3 Å². The first-order valence-electron chi connectivity index (χ1n) is 10.4. The number of benzene rings is 3. The smallest absolute Gasteiger partial charge is 0.416 e. The molecule has 0 aliphatic rings. The zero-order chi connectivity index (χ0) is 24.6. The number of hydrazone groups is 1. The summed E-state index contributed by atoms with van der Waals surface area (Å²) in [6.07, 6.45) is -1.89. The van der Waals surface area contributed by atoms with Crippen LogP contribution in [-0.2, 0) is 6.18 Å². The Morgan fingerprint density at radius 2 is 1.71 bits per heavy atom. The summed E-state index contributed by atoms with van der Waals surface area (Å²) < 4.78 is 54.7. The predicted octanol–water partition coefficient (Wildman–Crippen LogP) is 6.68. The van der Waals surface area contributed by atoms with Gasteiger partial charge in [0, 0.05) is 17.0 Å². The molecule has 0 bridgehead atoms. The van der Waals surface area contributed by atoms with Gasteiger partial charge in [-0.15, -0.1) is 0 Å². The summed E-state index contributed by atoms with van der Waals surface area (Å²) in [5.74, 6) is 1.36. The molecule has 0 saturated heterocycles. The molecule has 0 spiro atoms. The van der Waals surface area contributed by atoms with Crippen molar-refractivity contribution in [2.24, 2.45) is 5.10 Å². The molecule has 0 saturated carbocycles. The van der Waals surface area contributed by atoms with Crippen molar-refractivity contribution in [3.05, 3.63) is 94.3 Å². The third-order valence-corrected chi connectivity index (χ3v) is 5.42. The van der Waals surface area contributed by atoms with Crippen LogP contribution in [0.5, 0.6) is 5.75 Å². The van der Waals surface area contributed by atoms with Crippen molar-refractivity contribution in [1.82, 2.24) is 0 Å². The van der Waals surface area contributed by atoms with Crippen molar-refractivity contribution >= 4 is 33.8 Å². The first-order chi connectivity index (χ1) is 16.8. The molecule has 176 valence electrons. The Kier molecular flexibility index (Phi) is 5.52. The number of hydrogen-bond acceptors (Lipinski definition) is 6. The number of anilines is 1. The fraction of sp³-hybridized carbons (Fsp3) is 0.0769. The number of fused-ring (bicyclic) bond motifs is 2. The molecule has 9 heteroatoms. The van der Waals surface area contributed by atoms with E-state index in [-0.39, 0.29) is 11.0 Å². The maximum absolute atomic E-state index is 13.0. The lowest BCUT2D eigenvalue weighted by Crippen LogP contribution is -2.08. The summed E-state index contributed by atoms with van der Waals surface area (Å²) in [5, 5.41) is 5.02. The van der Waals surface area contributed by atoms with Gasteiger partial charge in [-0.25, -0.2) is 0 Å². The van der Waals surface area contributed by atoms with Crippen LogP contribution in [0.2, 0.25) is 0 Å². The summed E-state index contributed by atoms with van der Waals surface area (Å²) in [6, 6.07) is 17.0. The molecule has 0 atom stereocenters. The van der Waals surface area contributed by atoms with Crippen LogP contribution < -0.4 is 15.6 Å². The van der Waals surface area contributed by atoms with E-state index in [2.05, 4.69) is 10.5 Å². The highest BCUT2D eigenvalue weighted by molar-refractivity contribution is 5.96.